The van der Waals surface area contributed by atoms with E-state index < -0.39 is 0 Å². The molecular formula is C17H37IN4O2. The molecular weight excluding hydrogens is 419 g/mol. The third kappa shape index (κ3) is 15.0. The SMILES string of the molecule is CCNC(=NCC(=O)NC(C)(C)C)NCC(CCO)CC(C)C.I. The molecule has 0 bridgehead atoms. The molecule has 0 saturated carbocycles. The smallest absolute Gasteiger partial charge is 0.242 e. The van der Waals surface area contributed by atoms with Crippen LogP contribution >= 0.6 is 24.0 Å². The zero-order valence-electron chi connectivity index (χ0n) is 16.1. The largest absolute Gasteiger partial charge is 0.396 e. The predicted octanol–water partition coefficient (Wildman–Crippen LogP) is 2.12. The summed E-state index contributed by atoms with van der Waals surface area (Å²) in [7, 11) is 0. The molecule has 4 N–H and O–H groups in total. The molecule has 7 heteroatoms. The third-order valence-electron chi connectivity index (χ3n) is 3.14. The van der Waals surface area contributed by atoms with E-state index in [-0.39, 0.29) is 48.6 Å². The molecule has 144 valence electrons. The summed E-state index contributed by atoms with van der Waals surface area (Å²) in [4.78, 5) is 16.2. The minimum atomic E-state index is -0.248. The van der Waals surface area contributed by atoms with Crippen LogP contribution in [0.5, 0.6) is 0 Å². The second-order valence-corrected chi connectivity index (χ2v) is 7.38. The Morgan fingerprint density at radius 2 is 1.83 bits per heavy atom. The number of aliphatic imine (C=N–C) groups is 1. The minimum Gasteiger partial charge on any atom is -0.396 e. The van der Waals surface area contributed by atoms with Crippen molar-refractivity contribution in [1.29, 1.82) is 0 Å². The number of hydrogen-bond donors (Lipinski definition) is 4. The van der Waals surface area contributed by atoms with Gasteiger partial charge in [0, 0.05) is 25.2 Å². The van der Waals surface area contributed by atoms with Crippen molar-refractivity contribution in [2.45, 2.75) is 59.9 Å². The standard InChI is InChI=1S/C17H36N4O2.HI/c1-7-18-16(20-12-15(23)21-17(4,5)6)19-11-14(8-9-22)10-13(2)3;/h13-14,22H,7-12H2,1-6H3,(H,21,23)(H2,18,19,20);1H. The topological polar surface area (TPSA) is 85.8 Å². The highest BCUT2D eigenvalue weighted by Gasteiger charge is 2.14. The summed E-state index contributed by atoms with van der Waals surface area (Å²) in [5, 5.41) is 18.5. The van der Waals surface area contributed by atoms with Gasteiger partial charge in [-0.3, -0.25) is 4.79 Å². The van der Waals surface area contributed by atoms with E-state index in [0.29, 0.717) is 17.8 Å². The average Bonchev–Trinajstić information content (AvgIpc) is 2.39. The lowest BCUT2D eigenvalue weighted by molar-refractivity contribution is -0.121. The Bertz CT molecular complexity index is 368. The number of rotatable bonds is 9. The van der Waals surface area contributed by atoms with Crippen molar-refractivity contribution < 1.29 is 9.90 Å². The number of amides is 1. The molecule has 24 heavy (non-hydrogen) atoms. The van der Waals surface area contributed by atoms with Crippen LogP contribution in [-0.4, -0.2) is 48.8 Å². The van der Waals surface area contributed by atoms with E-state index in [4.69, 9.17) is 0 Å². The maximum atomic E-state index is 11.8. The van der Waals surface area contributed by atoms with Crippen LogP contribution in [0.2, 0.25) is 0 Å². The lowest BCUT2D eigenvalue weighted by Gasteiger charge is -2.21. The summed E-state index contributed by atoms with van der Waals surface area (Å²) in [5.74, 6) is 1.53. The molecule has 0 aliphatic heterocycles. The molecule has 0 heterocycles. The Kier molecular flexibility index (Phi) is 14.6. The number of guanidine groups is 1. The second-order valence-electron chi connectivity index (χ2n) is 7.38. The molecule has 0 aromatic heterocycles. The molecule has 1 amide bonds. The number of aliphatic hydroxyl groups is 1. The Morgan fingerprint density at radius 1 is 1.21 bits per heavy atom. The van der Waals surface area contributed by atoms with Gasteiger partial charge in [0.15, 0.2) is 5.96 Å². The summed E-state index contributed by atoms with van der Waals surface area (Å²) in [6.45, 7) is 14.0. The highest BCUT2D eigenvalue weighted by atomic mass is 127. The van der Waals surface area contributed by atoms with Gasteiger partial charge in [0.05, 0.1) is 0 Å². The number of halogens is 1. The van der Waals surface area contributed by atoms with Crippen LogP contribution in [0.4, 0.5) is 0 Å². The highest BCUT2D eigenvalue weighted by molar-refractivity contribution is 14.0. The molecule has 1 atom stereocenters. The highest BCUT2D eigenvalue weighted by Crippen LogP contribution is 2.14. The fourth-order valence-electron chi connectivity index (χ4n) is 2.34. The monoisotopic (exact) mass is 456 g/mol. The van der Waals surface area contributed by atoms with Gasteiger partial charge >= 0.3 is 0 Å². The molecule has 0 fully saturated rings. The summed E-state index contributed by atoms with van der Waals surface area (Å²) in [6.07, 6.45) is 1.83. The van der Waals surface area contributed by atoms with Gasteiger partial charge in [-0.05, 0) is 52.4 Å². The second kappa shape index (κ2) is 13.7. The van der Waals surface area contributed by atoms with Gasteiger partial charge in [-0.25, -0.2) is 4.99 Å². The molecule has 0 aromatic carbocycles. The number of hydrogen-bond acceptors (Lipinski definition) is 3. The lowest BCUT2D eigenvalue weighted by atomic mass is 9.94. The summed E-state index contributed by atoms with van der Waals surface area (Å²) in [5.41, 5.74) is -0.248. The molecule has 0 aliphatic rings. The van der Waals surface area contributed by atoms with Crippen LogP contribution in [-0.2, 0) is 4.79 Å². The van der Waals surface area contributed by atoms with Crippen molar-refractivity contribution in [3.8, 4) is 0 Å². The van der Waals surface area contributed by atoms with Crippen LogP contribution in [0, 0.1) is 11.8 Å². The van der Waals surface area contributed by atoms with Crippen LogP contribution in [0.1, 0.15) is 54.4 Å². The summed E-state index contributed by atoms with van der Waals surface area (Å²) >= 11 is 0. The number of nitrogens with one attached hydrogen (secondary N) is 3. The molecule has 0 radical (unpaired) electrons. The zero-order chi connectivity index (χ0) is 17.9. The Balaban J connectivity index is 0. The predicted molar refractivity (Wildman–Crippen MR) is 112 cm³/mol. The van der Waals surface area contributed by atoms with Gasteiger partial charge in [0.25, 0.3) is 0 Å². The fourth-order valence-corrected chi connectivity index (χ4v) is 2.34. The van der Waals surface area contributed by atoms with E-state index in [1.807, 2.05) is 27.7 Å². The minimum absolute atomic E-state index is 0. The average molecular weight is 456 g/mol. The quantitative estimate of drug-likeness (QED) is 0.243. The molecule has 0 aliphatic carbocycles. The van der Waals surface area contributed by atoms with E-state index in [2.05, 4.69) is 34.8 Å². The normalized spacial score (nSPS) is 13.2. The molecule has 0 saturated heterocycles. The van der Waals surface area contributed by atoms with Gasteiger partial charge in [-0.15, -0.1) is 24.0 Å². The summed E-state index contributed by atoms with van der Waals surface area (Å²) in [6, 6.07) is 0. The molecule has 6 nitrogen and oxygen atoms in total. The first-order valence-corrected chi connectivity index (χ1v) is 8.62. The molecule has 1 unspecified atom stereocenters. The van der Waals surface area contributed by atoms with Crippen molar-refractivity contribution in [3.05, 3.63) is 0 Å². The van der Waals surface area contributed by atoms with Crippen LogP contribution in [0.15, 0.2) is 4.99 Å². The van der Waals surface area contributed by atoms with Crippen LogP contribution < -0.4 is 16.0 Å². The maximum absolute atomic E-state index is 11.8. The van der Waals surface area contributed by atoms with E-state index in [9.17, 15) is 9.90 Å². The van der Waals surface area contributed by atoms with Gasteiger partial charge in [0.1, 0.15) is 6.54 Å². The van der Waals surface area contributed by atoms with Gasteiger partial charge in [-0.1, -0.05) is 13.8 Å². The number of carbonyl (C=O) groups excluding carboxylic acids is 1. The van der Waals surface area contributed by atoms with Gasteiger partial charge in [-0.2, -0.15) is 0 Å². The Hall–Kier alpha value is -0.570. The number of carbonyl (C=O) groups is 1. The molecule has 0 spiro atoms. The van der Waals surface area contributed by atoms with Crippen molar-refractivity contribution in [3.63, 3.8) is 0 Å². The maximum Gasteiger partial charge on any atom is 0.242 e. The zero-order valence-corrected chi connectivity index (χ0v) is 18.4. The van der Waals surface area contributed by atoms with E-state index >= 15 is 0 Å². The first-order chi connectivity index (χ1) is 10.7. The third-order valence-corrected chi connectivity index (χ3v) is 3.14. The first-order valence-electron chi connectivity index (χ1n) is 8.62. The van der Waals surface area contributed by atoms with E-state index in [1.54, 1.807) is 0 Å². The van der Waals surface area contributed by atoms with Crippen molar-refractivity contribution in [2.24, 2.45) is 16.8 Å². The van der Waals surface area contributed by atoms with Crippen molar-refractivity contribution in [2.75, 3.05) is 26.2 Å². The van der Waals surface area contributed by atoms with Gasteiger partial charge in [0.2, 0.25) is 5.91 Å². The van der Waals surface area contributed by atoms with Gasteiger partial charge < -0.3 is 21.1 Å². The van der Waals surface area contributed by atoms with E-state index in [1.165, 1.54) is 0 Å². The first kappa shape index (κ1) is 25.7. The van der Waals surface area contributed by atoms with Crippen LogP contribution in [0.3, 0.4) is 0 Å². The lowest BCUT2D eigenvalue weighted by Crippen LogP contribution is -2.44. The Labute approximate surface area is 164 Å². The van der Waals surface area contributed by atoms with Crippen LogP contribution in [0.25, 0.3) is 0 Å². The number of aliphatic hydroxyl groups excluding tert-OH is 1. The molecule has 0 aromatic rings. The summed E-state index contributed by atoms with van der Waals surface area (Å²) < 4.78 is 0. The van der Waals surface area contributed by atoms with E-state index in [0.717, 1.165) is 25.9 Å². The fraction of sp³-hybridized carbons (Fsp3) is 0.882. The Morgan fingerprint density at radius 3 is 2.29 bits per heavy atom. The molecule has 0 rings (SSSR count). The number of nitrogens with zero attached hydrogens (tertiary/aromatic N) is 1. The van der Waals surface area contributed by atoms with Crippen molar-refractivity contribution in [1.82, 2.24) is 16.0 Å². The van der Waals surface area contributed by atoms with Crippen molar-refractivity contribution >= 4 is 35.8 Å².